The second kappa shape index (κ2) is 5.79. The number of rotatable bonds is 5. The molecule has 1 aromatic carbocycles. The molecule has 0 spiro atoms. The van der Waals surface area contributed by atoms with Crippen LogP contribution in [0.3, 0.4) is 0 Å². The minimum absolute atomic E-state index is 0.0487. The van der Waals surface area contributed by atoms with E-state index >= 15 is 0 Å². The van der Waals surface area contributed by atoms with Gasteiger partial charge in [-0.25, -0.2) is 4.79 Å². The largest absolute Gasteiger partial charge is 0.465 e. The van der Waals surface area contributed by atoms with E-state index < -0.39 is 17.5 Å². The van der Waals surface area contributed by atoms with Gasteiger partial charge in [0.2, 0.25) is 5.78 Å². The first kappa shape index (κ1) is 12.9. The van der Waals surface area contributed by atoms with Crippen LogP contribution in [-0.2, 0) is 14.3 Å². The van der Waals surface area contributed by atoms with Crippen molar-refractivity contribution in [2.45, 2.75) is 6.92 Å². The third-order valence-corrected chi connectivity index (χ3v) is 2.15. The molecule has 90 valence electrons. The number of carbonyl (C=O) groups is 3. The Morgan fingerprint density at radius 2 is 1.76 bits per heavy atom. The second-order valence-electron chi connectivity index (χ2n) is 3.40. The van der Waals surface area contributed by atoms with E-state index in [4.69, 9.17) is 0 Å². The lowest BCUT2D eigenvalue weighted by molar-refractivity contribution is -0.134. The van der Waals surface area contributed by atoms with Crippen molar-refractivity contribution in [3.63, 3.8) is 0 Å². The van der Waals surface area contributed by atoms with E-state index in [-0.39, 0.29) is 6.54 Å². The number of hydrogen-bond acceptors (Lipinski definition) is 5. The molecule has 1 aromatic rings. The molecule has 0 aromatic heterocycles. The zero-order valence-electron chi connectivity index (χ0n) is 9.65. The summed E-state index contributed by atoms with van der Waals surface area (Å²) in [7, 11) is 1.31. The summed E-state index contributed by atoms with van der Waals surface area (Å²) in [4.78, 5) is 32.9. The van der Waals surface area contributed by atoms with Crippen LogP contribution in [0.5, 0.6) is 0 Å². The van der Waals surface area contributed by atoms with Gasteiger partial charge in [0.1, 0.15) is 0 Å². The van der Waals surface area contributed by atoms with Gasteiger partial charge in [0.25, 0.3) is 0 Å². The fourth-order valence-corrected chi connectivity index (χ4v) is 1.15. The molecule has 5 nitrogen and oxygen atoms in total. The summed E-state index contributed by atoms with van der Waals surface area (Å²) < 4.78 is 4.55. The smallest absolute Gasteiger partial charge is 0.337 e. The van der Waals surface area contributed by atoms with E-state index in [1.165, 1.54) is 14.0 Å². The van der Waals surface area contributed by atoms with Crippen molar-refractivity contribution < 1.29 is 19.1 Å². The van der Waals surface area contributed by atoms with E-state index in [1.807, 2.05) is 0 Å². The van der Waals surface area contributed by atoms with Gasteiger partial charge in [0.15, 0.2) is 5.78 Å². The first-order valence-electron chi connectivity index (χ1n) is 5.00. The van der Waals surface area contributed by atoms with Gasteiger partial charge in [-0.15, -0.1) is 0 Å². The summed E-state index contributed by atoms with van der Waals surface area (Å²) >= 11 is 0. The van der Waals surface area contributed by atoms with Gasteiger partial charge >= 0.3 is 5.97 Å². The molecule has 1 N–H and O–H groups in total. The summed E-state index contributed by atoms with van der Waals surface area (Å²) in [6, 6.07) is 6.43. The normalized spacial score (nSPS) is 9.53. The minimum atomic E-state index is -0.484. The summed E-state index contributed by atoms with van der Waals surface area (Å²) in [5.74, 6) is -1.39. The number of ether oxygens (including phenoxy) is 1. The number of ketones is 2. The van der Waals surface area contributed by atoms with E-state index in [2.05, 4.69) is 10.1 Å². The molecule has 1 rings (SSSR count). The molecule has 0 fully saturated rings. The van der Waals surface area contributed by atoms with Crippen LogP contribution in [0.4, 0.5) is 5.69 Å². The van der Waals surface area contributed by atoms with E-state index in [1.54, 1.807) is 24.3 Å². The first-order valence-corrected chi connectivity index (χ1v) is 5.00. The van der Waals surface area contributed by atoms with Crippen LogP contribution in [0.2, 0.25) is 0 Å². The molecule has 0 amide bonds. The van der Waals surface area contributed by atoms with Gasteiger partial charge in [-0.05, 0) is 24.3 Å². The molecular formula is C12H13NO4. The molecular weight excluding hydrogens is 222 g/mol. The lowest BCUT2D eigenvalue weighted by atomic mass is 10.2. The predicted molar refractivity (Wildman–Crippen MR) is 62.0 cm³/mol. The number of nitrogens with one attached hydrogen (secondary N) is 1. The highest BCUT2D eigenvalue weighted by molar-refractivity contribution is 6.37. The number of hydrogen-bond donors (Lipinski definition) is 1. The molecule has 0 saturated carbocycles. The number of Topliss-reactive ketones (excluding diaryl/α,β-unsaturated/α-hetero) is 2. The van der Waals surface area contributed by atoms with Crippen molar-refractivity contribution in [3.05, 3.63) is 29.8 Å². The van der Waals surface area contributed by atoms with Gasteiger partial charge < -0.3 is 10.1 Å². The zero-order valence-corrected chi connectivity index (χ0v) is 9.65. The first-order chi connectivity index (χ1) is 8.04. The van der Waals surface area contributed by atoms with Crippen molar-refractivity contribution in [2.24, 2.45) is 0 Å². The predicted octanol–water partition coefficient (Wildman–Crippen LogP) is 1.04. The number of carbonyl (C=O) groups excluding carboxylic acids is 3. The van der Waals surface area contributed by atoms with Crippen LogP contribution < -0.4 is 5.32 Å². The van der Waals surface area contributed by atoms with Crippen LogP contribution in [-0.4, -0.2) is 31.2 Å². The van der Waals surface area contributed by atoms with Gasteiger partial charge in [0, 0.05) is 12.6 Å². The van der Waals surface area contributed by atoms with Crippen molar-refractivity contribution >= 4 is 23.2 Å². The Kier molecular flexibility index (Phi) is 4.39. The van der Waals surface area contributed by atoms with Crippen LogP contribution in [0, 0.1) is 0 Å². The fraction of sp³-hybridized carbons (Fsp3) is 0.250. The Bertz CT molecular complexity index is 436. The van der Waals surface area contributed by atoms with Crippen molar-refractivity contribution in [1.82, 2.24) is 0 Å². The van der Waals surface area contributed by atoms with Crippen LogP contribution >= 0.6 is 0 Å². The maximum absolute atomic E-state index is 11.1. The second-order valence-corrected chi connectivity index (χ2v) is 3.40. The number of benzene rings is 1. The van der Waals surface area contributed by atoms with Gasteiger partial charge in [-0.3, -0.25) is 9.59 Å². The average molecular weight is 235 g/mol. The molecule has 0 unspecified atom stereocenters. The molecule has 0 aliphatic rings. The molecule has 0 radical (unpaired) electrons. The van der Waals surface area contributed by atoms with Crippen LogP contribution in [0.25, 0.3) is 0 Å². The monoisotopic (exact) mass is 235 g/mol. The molecule has 0 aliphatic carbocycles. The zero-order chi connectivity index (χ0) is 12.8. The van der Waals surface area contributed by atoms with Gasteiger partial charge in [-0.1, -0.05) is 0 Å². The molecule has 0 bridgehead atoms. The number of esters is 1. The Morgan fingerprint density at radius 1 is 1.18 bits per heavy atom. The highest BCUT2D eigenvalue weighted by Gasteiger charge is 2.07. The number of anilines is 1. The molecule has 0 aliphatic heterocycles. The maximum atomic E-state index is 11.1. The third kappa shape index (κ3) is 3.71. The summed E-state index contributed by atoms with van der Waals surface area (Å²) in [6.07, 6.45) is 0. The van der Waals surface area contributed by atoms with Crippen LogP contribution in [0.1, 0.15) is 17.3 Å². The molecule has 0 heterocycles. The molecule has 0 saturated heterocycles. The minimum Gasteiger partial charge on any atom is -0.465 e. The van der Waals surface area contributed by atoms with Crippen LogP contribution in [0.15, 0.2) is 24.3 Å². The maximum Gasteiger partial charge on any atom is 0.337 e. The van der Waals surface area contributed by atoms with Crippen molar-refractivity contribution in [3.8, 4) is 0 Å². The standard InChI is InChI=1S/C12H13NO4/c1-8(14)11(15)7-13-10-5-3-9(4-6-10)12(16)17-2/h3-6,13H,7H2,1-2H3. The average Bonchev–Trinajstić information content (AvgIpc) is 2.35. The fourth-order valence-electron chi connectivity index (χ4n) is 1.15. The molecule has 17 heavy (non-hydrogen) atoms. The SMILES string of the molecule is COC(=O)c1ccc(NCC(=O)C(C)=O)cc1. The van der Waals surface area contributed by atoms with E-state index in [0.29, 0.717) is 11.3 Å². The van der Waals surface area contributed by atoms with E-state index in [9.17, 15) is 14.4 Å². The Balaban J connectivity index is 2.60. The molecule has 5 heteroatoms. The number of methoxy groups -OCH3 is 1. The van der Waals surface area contributed by atoms with Crippen molar-refractivity contribution in [2.75, 3.05) is 19.0 Å². The Hall–Kier alpha value is -2.17. The summed E-state index contributed by atoms with van der Waals surface area (Å²) in [5.41, 5.74) is 1.09. The quantitative estimate of drug-likeness (QED) is 0.610. The third-order valence-electron chi connectivity index (χ3n) is 2.15. The molecule has 0 atom stereocenters. The Morgan fingerprint density at radius 3 is 2.24 bits per heavy atom. The Labute approximate surface area is 98.8 Å². The topological polar surface area (TPSA) is 72.5 Å². The lowest BCUT2D eigenvalue weighted by Gasteiger charge is -2.05. The summed E-state index contributed by atoms with van der Waals surface area (Å²) in [6.45, 7) is 1.18. The van der Waals surface area contributed by atoms with E-state index in [0.717, 1.165) is 0 Å². The lowest BCUT2D eigenvalue weighted by Crippen LogP contribution is -2.20. The highest BCUT2D eigenvalue weighted by Crippen LogP contribution is 2.09. The van der Waals surface area contributed by atoms with Gasteiger partial charge in [-0.2, -0.15) is 0 Å². The van der Waals surface area contributed by atoms with Crippen molar-refractivity contribution in [1.29, 1.82) is 0 Å². The summed E-state index contributed by atoms with van der Waals surface area (Å²) in [5, 5.41) is 2.79. The highest BCUT2D eigenvalue weighted by atomic mass is 16.5. The van der Waals surface area contributed by atoms with Gasteiger partial charge in [0.05, 0.1) is 19.2 Å².